The molecule has 0 unspecified atom stereocenters. The van der Waals surface area contributed by atoms with Crippen molar-refractivity contribution in [2.75, 3.05) is 31.1 Å². The molecule has 34 heavy (non-hydrogen) atoms. The molecule has 1 saturated carbocycles. The Morgan fingerprint density at radius 1 is 1.00 bits per heavy atom. The van der Waals surface area contributed by atoms with Gasteiger partial charge in [0.05, 0.1) is 23.2 Å². The third kappa shape index (κ3) is 5.10. The Morgan fingerprint density at radius 3 is 2.21 bits per heavy atom. The molecule has 2 aromatic rings. The minimum atomic E-state index is -3.37. The second-order valence-electron chi connectivity index (χ2n) is 9.06. The number of hydrogen-bond acceptors (Lipinski definition) is 6. The minimum Gasteiger partial charge on any atom is -0.483 e. The molecule has 4 rings (SSSR count). The first-order chi connectivity index (χ1) is 16.2. The smallest absolute Gasteiger partial charge is 0.316 e. The van der Waals surface area contributed by atoms with Crippen molar-refractivity contribution >= 4 is 15.7 Å². The predicted octanol–water partition coefficient (Wildman–Crippen LogP) is 3.08. The zero-order valence-electron chi connectivity index (χ0n) is 19.4. The monoisotopic (exact) mass is 496 g/mol. The number of benzene rings is 1. The van der Waals surface area contributed by atoms with Crippen LogP contribution in [0.25, 0.3) is 5.69 Å². The van der Waals surface area contributed by atoms with E-state index in [1.807, 2.05) is 4.90 Å². The van der Waals surface area contributed by atoms with E-state index >= 15 is 0 Å². The Kier molecular flexibility index (Phi) is 7.22. The number of anilines is 1. The number of aromatic nitrogens is 2. The summed E-state index contributed by atoms with van der Waals surface area (Å²) in [7, 11) is -3.37. The van der Waals surface area contributed by atoms with Gasteiger partial charge in [0.25, 0.3) is 0 Å². The van der Waals surface area contributed by atoms with Crippen molar-refractivity contribution < 1.29 is 21.9 Å². The molecule has 2 fully saturated rings. The van der Waals surface area contributed by atoms with Crippen LogP contribution >= 0.6 is 0 Å². The summed E-state index contributed by atoms with van der Waals surface area (Å²) >= 11 is 0. The number of piperazine rings is 1. The highest BCUT2D eigenvalue weighted by Crippen LogP contribution is 2.30. The molecule has 186 valence electrons. The van der Waals surface area contributed by atoms with Gasteiger partial charge in [0, 0.05) is 32.2 Å². The van der Waals surface area contributed by atoms with Gasteiger partial charge in [-0.25, -0.2) is 17.2 Å². The van der Waals surface area contributed by atoms with Crippen molar-refractivity contribution in [3.8, 4) is 11.4 Å². The van der Waals surface area contributed by atoms with Gasteiger partial charge in [0.1, 0.15) is 17.3 Å². The molecule has 2 aliphatic rings. The third-order valence-corrected chi connectivity index (χ3v) is 8.65. The summed E-state index contributed by atoms with van der Waals surface area (Å²) in [5, 5.41) is 3.66. The molecule has 0 atom stereocenters. The first kappa shape index (κ1) is 24.6. The van der Waals surface area contributed by atoms with Crippen LogP contribution in [0.5, 0.6) is 5.75 Å². The second kappa shape index (κ2) is 9.99. The Labute approximate surface area is 198 Å². The van der Waals surface area contributed by atoms with Gasteiger partial charge in [0.15, 0.2) is 0 Å². The Bertz CT molecular complexity index is 1170. The van der Waals surface area contributed by atoms with E-state index in [-0.39, 0.29) is 30.6 Å². The average Bonchev–Trinajstić information content (AvgIpc) is 2.80. The molecule has 2 heterocycles. The molecule has 1 saturated heterocycles. The number of rotatable bonds is 6. The van der Waals surface area contributed by atoms with Crippen LogP contribution in [0, 0.1) is 11.6 Å². The lowest BCUT2D eigenvalue weighted by Crippen LogP contribution is -2.50. The maximum atomic E-state index is 13.8. The fraction of sp³-hybridized carbons (Fsp3) is 0.565. The summed E-state index contributed by atoms with van der Waals surface area (Å²) in [4.78, 5) is 15.3. The summed E-state index contributed by atoms with van der Waals surface area (Å²) in [5.41, 5.74) is -0.175. The van der Waals surface area contributed by atoms with Crippen molar-refractivity contribution in [2.24, 2.45) is 0 Å². The fourth-order valence-electron chi connectivity index (χ4n) is 4.44. The van der Waals surface area contributed by atoms with E-state index in [2.05, 4.69) is 5.10 Å². The molecule has 11 heteroatoms. The molecule has 1 aliphatic heterocycles. The van der Waals surface area contributed by atoms with E-state index in [1.165, 1.54) is 10.5 Å². The number of halogens is 2. The highest BCUT2D eigenvalue weighted by atomic mass is 32.2. The van der Waals surface area contributed by atoms with Crippen LogP contribution in [-0.4, -0.2) is 60.0 Å². The Hall–Kier alpha value is -2.53. The lowest BCUT2D eigenvalue weighted by molar-refractivity contribution is 0.152. The van der Waals surface area contributed by atoms with E-state index in [1.54, 1.807) is 13.8 Å². The van der Waals surface area contributed by atoms with Crippen molar-refractivity contribution in [1.29, 1.82) is 0 Å². The zero-order chi connectivity index (χ0) is 24.5. The Balaban J connectivity index is 1.68. The molecule has 0 radical (unpaired) electrons. The normalized spacial score (nSPS) is 18.4. The van der Waals surface area contributed by atoms with Crippen LogP contribution in [0.15, 0.2) is 29.2 Å². The quantitative estimate of drug-likeness (QED) is 0.611. The predicted molar refractivity (Wildman–Crippen MR) is 125 cm³/mol. The minimum absolute atomic E-state index is 0.0320. The number of ether oxygens (including phenoxy) is 1. The Morgan fingerprint density at radius 2 is 1.62 bits per heavy atom. The van der Waals surface area contributed by atoms with Crippen molar-refractivity contribution in [3.63, 3.8) is 0 Å². The summed E-state index contributed by atoms with van der Waals surface area (Å²) in [6.45, 7) is 4.59. The summed E-state index contributed by atoms with van der Waals surface area (Å²) < 4.78 is 61.2. The molecule has 0 spiro atoms. The van der Waals surface area contributed by atoms with Crippen molar-refractivity contribution in [1.82, 2.24) is 14.1 Å². The summed E-state index contributed by atoms with van der Waals surface area (Å²) in [6.07, 6.45) is 6.06. The lowest BCUT2D eigenvalue weighted by atomic mass is 9.98. The van der Waals surface area contributed by atoms with Crippen molar-refractivity contribution in [2.45, 2.75) is 57.3 Å². The van der Waals surface area contributed by atoms with Crippen LogP contribution in [0.4, 0.5) is 14.5 Å². The van der Waals surface area contributed by atoms with Gasteiger partial charge in [-0.15, -0.1) is 0 Å². The molecule has 1 aromatic heterocycles. The molecular formula is C23H30F2N4O4S. The molecule has 0 N–H and O–H groups in total. The molecule has 1 aromatic carbocycles. The van der Waals surface area contributed by atoms with Crippen LogP contribution in [-0.2, 0) is 10.0 Å². The van der Waals surface area contributed by atoms with Gasteiger partial charge in [-0.05, 0) is 51.7 Å². The van der Waals surface area contributed by atoms with Gasteiger partial charge >= 0.3 is 5.56 Å². The van der Waals surface area contributed by atoms with E-state index in [4.69, 9.17) is 4.74 Å². The molecule has 0 amide bonds. The van der Waals surface area contributed by atoms with Crippen LogP contribution in [0.1, 0.15) is 46.0 Å². The van der Waals surface area contributed by atoms with Gasteiger partial charge in [-0.3, -0.25) is 4.79 Å². The topological polar surface area (TPSA) is 84.7 Å². The number of sulfonamides is 1. The number of hydrogen-bond donors (Lipinski definition) is 0. The lowest BCUT2D eigenvalue weighted by Gasteiger charge is -2.36. The van der Waals surface area contributed by atoms with Crippen LogP contribution in [0.2, 0.25) is 0 Å². The number of nitrogens with zero attached hydrogens (tertiary/aromatic N) is 4. The SMILES string of the molecule is CC(C)S(=O)(=O)N1CCN(c2cnn(-c3cc(F)cc(F)c3)c(=O)c2OC2CCCCC2)CC1. The first-order valence-electron chi connectivity index (χ1n) is 11.7. The highest BCUT2D eigenvalue weighted by Gasteiger charge is 2.31. The van der Waals surface area contributed by atoms with E-state index < -0.39 is 32.5 Å². The maximum Gasteiger partial charge on any atom is 0.316 e. The third-order valence-electron chi connectivity index (χ3n) is 6.38. The van der Waals surface area contributed by atoms with Crippen LogP contribution in [0.3, 0.4) is 0 Å². The molecule has 0 bridgehead atoms. The summed E-state index contributed by atoms with van der Waals surface area (Å²) in [6, 6.07) is 2.81. The summed E-state index contributed by atoms with van der Waals surface area (Å²) in [5.74, 6) is -1.55. The van der Waals surface area contributed by atoms with E-state index in [9.17, 15) is 22.0 Å². The van der Waals surface area contributed by atoms with E-state index in [0.717, 1.165) is 55.0 Å². The molecule has 8 nitrogen and oxygen atoms in total. The molecule has 1 aliphatic carbocycles. The average molecular weight is 497 g/mol. The van der Waals surface area contributed by atoms with Gasteiger partial charge in [-0.2, -0.15) is 14.1 Å². The highest BCUT2D eigenvalue weighted by molar-refractivity contribution is 7.89. The fourth-order valence-corrected chi connectivity index (χ4v) is 5.71. The second-order valence-corrected chi connectivity index (χ2v) is 11.6. The van der Waals surface area contributed by atoms with Crippen LogP contribution < -0.4 is 15.2 Å². The maximum absolute atomic E-state index is 13.8. The standard InChI is InChI=1S/C23H30F2N4O4S/c1-16(2)34(31,32)28-10-8-27(9-11-28)21-15-26-29(19-13-17(24)12-18(25)14-19)23(30)22(21)33-20-6-4-3-5-7-20/h12-16,20H,3-11H2,1-2H3. The largest absolute Gasteiger partial charge is 0.483 e. The van der Waals surface area contributed by atoms with Gasteiger partial charge in [-0.1, -0.05) is 6.42 Å². The van der Waals surface area contributed by atoms with Crippen molar-refractivity contribution in [3.05, 3.63) is 46.4 Å². The van der Waals surface area contributed by atoms with Gasteiger partial charge < -0.3 is 9.64 Å². The zero-order valence-corrected chi connectivity index (χ0v) is 20.2. The first-order valence-corrected chi connectivity index (χ1v) is 13.2. The van der Waals surface area contributed by atoms with E-state index in [0.29, 0.717) is 18.8 Å². The molecular weight excluding hydrogens is 466 g/mol. The van der Waals surface area contributed by atoms with Gasteiger partial charge in [0.2, 0.25) is 15.8 Å².